The summed E-state index contributed by atoms with van der Waals surface area (Å²) < 4.78 is 4.59. The van der Waals surface area contributed by atoms with E-state index in [1.807, 2.05) is 48.5 Å². The summed E-state index contributed by atoms with van der Waals surface area (Å²) in [7, 11) is 1.36. The van der Waals surface area contributed by atoms with Crippen LogP contribution in [-0.2, 0) is 15.3 Å². The fraction of sp³-hybridized carbons (Fsp3) is 0.250. The number of rotatable bonds is 8. The quantitative estimate of drug-likeness (QED) is 0.353. The third-order valence-corrected chi connectivity index (χ3v) is 4.99. The average molecular weight is 383 g/mol. The summed E-state index contributed by atoms with van der Waals surface area (Å²) in [6.45, 7) is 0.430. The molecule has 1 aromatic heterocycles. The van der Waals surface area contributed by atoms with E-state index in [2.05, 4.69) is 20.0 Å². The van der Waals surface area contributed by atoms with Crippen LogP contribution in [0.1, 0.15) is 28.8 Å². The molecule has 140 valence electrons. The van der Waals surface area contributed by atoms with Crippen LogP contribution in [0.15, 0.2) is 53.7 Å². The number of carbonyl (C=O) groups is 2. The Morgan fingerprint density at radius 1 is 1.15 bits per heavy atom. The van der Waals surface area contributed by atoms with Crippen LogP contribution in [0.2, 0.25) is 0 Å². The number of para-hydroxylation sites is 2. The number of hydrogen-bond donors (Lipinski definition) is 2. The predicted molar refractivity (Wildman–Crippen MR) is 106 cm³/mol. The summed E-state index contributed by atoms with van der Waals surface area (Å²) >= 11 is 1.56. The van der Waals surface area contributed by atoms with E-state index in [0.717, 1.165) is 21.8 Å². The van der Waals surface area contributed by atoms with Crippen molar-refractivity contribution < 1.29 is 14.3 Å². The van der Waals surface area contributed by atoms with Gasteiger partial charge in [-0.2, -0.15) is 0 Å². The highest BCUT2D eigenvalue weighted by molar-refractivity contribution is 7.98. The van der Waals surface area contributed by atoms with E-state index in [1.165, 1.54) is 7.11 Å². The maximum atomic E-state index is 12.5. The van der Waals surface area contributed by atoms with Crippen molar-refractivity contribution in [3.63, 3.8) is 0 Å². The first-order valence-electron chi connectivity index (χ1n) is 8.68. The lowest BCUT2D eigenvalue weighted by atomic mass is 10.1. The fourth-order valence-electron chi connectivity index (χ4n) is 2.64. The van der Waals surface area contributed by atoms with Gasteiger partial charge in [-0.05, 0) is 30.2 Å². The van der Waals surface area contributed by atoms with E-state index in [4.69, 9.17) is 0 Å². The zero-order valence-corrected chi connectivity index (χ0v) is 15.8. The molecule has 0 unspecified atom stereocenters. The van der Waals surface area contributed by atoms with Crippen molar-refractivity contribution in [3.05, 3.63) is 59.7 Å². The first-order valence-corrected chi connectivity index (χ1v) is 9.66. The maximum Gasteiger partial charge on any atom is 0.305 e. The van der Waals surface area contributed by atoms with Crippen LogP contribution < -0.4 is 5.32 Å². The molecule has 1 amide bonds. The van der Waals surface area contributed by atoms with Gasteiger partial charge >= 0.3 is 5.97 Å². The molecule has 0 bridgehead atoms. The number of nitrogens with one attached hydrogen (secondary N) is 2. The van der Waals surface area contributed by atoms with E-state index in [0.29, 0.717) is 30.7 Å². The van der Waals surface area contributed by atoms with E-state index >= 15 is 0 Å². The molecule has 0 spiro atoms. The second-order valence-electron chi connectivity index (χ2n) is 5.94. The SMILES string of the molecule is COC(=O)CCCNC(=O)c1ccccc1CSc1nc2ccccc2[nH]1. The molecule has 2 N–H and O–H groups in total. The molecule has 0 radical (unpaired) electrons. The van der Waals surface area contributed by atoms with Gasteiger partial charge in [0.2, 0.25) is 0 Å². The van der Waals surface area contributed by atoms with E-state index in [1.54, 1.807) is 11.8 Å². The van der Waals surface area contributed by atoms with Gasteiger partial charge in [-0.25, -0.2) is 4.98 Å². The maximum absolute atomic E-state index is 12.5. The van der Waals surface area contributed by atoms with Crippen molar-refractivity contribution >= 4 is 34.7 Å². The van der Waals surface area contributed by atoms with Gasteiger partial charge in [-0.15, -0.1) is 0 Å². The second kappa shape index (κ2) is 9.23. The number of hydrogen-bond acceptors (Lipinski definition) is 5. The molecule has 0 saturated heterocycles. The second-order valence-corrected chi connectivity index (χ2v) is 6.90. The summed E-state index contributed by atoms with van der Waals surface area (Å²) in [6, 6.07) is 15.4. The Hall–Kier alpha value is -2.80. The molecule has 1 heterocycles. The van der Waals surface area contributed by atoms with Crippen LogP contribution in [0.25, 0.3) is 11.0 Å². The number of methoxy groups -OCH3 is 1. The molecule has 27 heavy (non-hydrogen) atoms. The Morgan fingerprint density at radius 3 is 2.74 bits per heavy atom. The van der Waals surface area contributed by atoms with Crippen molar-refractivity contribution in [1.29, 1.82) is 0 Å². The average Bonchev–Trinajstić information content (AvgIpc) is 3.12. The van der Waals surface area contributed by atoms with Crippen LogP contribution in [0.4, 0.5) is 0 Å². The van der Waals surface area contributed by atoms with Crippen molar-refractivity contribution in [2.24, 2.45) is 0 Å². The standard InChI is InChI=1S/C20H21N3O3S/c1-26-18(24)11-6-12-21-19(25)15-8-3-2-7-14(15)13-27-20-22-16-9-4-5-10-17(16)23-20/h2-5,7-10H,6,11-13H2,1H3,(H,21,25)(H,22,23). The fourth-order valence-corrected chi connectivity index (χ4v) is 3.53. The number of aromatic amines is 1. The number of esters is 1. The van der Waals surface area contributed by atoms with Crippen LogP contribution in [0, 0.1) is 0 Å². The number of aromatic nitrogens is 2. The molecule has 0 aliphatic rings. The number of benzene rings is 2. The van der Waals surface area contributed by atoms with Gasteiger partial charge in [0, 0.05) is 24.3 Å². The van der Waals surface area contributed by atoms with Gasteiger partial charge in [-0.1, -0.05) is 42.1 Å². The largest absolute Gasteiger partial charge is 0.469 e. The minimum atomic E-state index is -0.271. The van der Waals surface area contributed by atoms with Gasteiger partial charge < -0.3 is 15.0 Å². The van der Waals surface area contributed by atoms with Gasteiger partial charge in [0.05, 0.1) is 18.1 Å². The molecule has 0 aliphatic carbocycles. The molecule has 7 heteroatoms. The van der Waals surface area contributed by atoms with Gasteiger partial charge in [0.15, 0.2) is 5.16 Å². The minimum absolute atomic E-state index is 0.138. The molecule has 0 saturated carbocycles. The van der Waals surface area contributed by atoms with Crippen LogP contribution in [0.3, 0.4) is 0 Å². The molecule has 0 fully saturated rings. The smallest absolute Gasteiger partial charge is 0.305 e. The third-order valence-electron chi connectivity index (χ3n) is 4.06. The number of imidazole rings is 1. The van der Waals surface area contributed by atoms with E-state index in [9.17, 15) is 9.59 Å². The van der Waals surface area contributed by atoms with Crippen molar-refractivity contribution in [2.75, 3.05) is 13.7 Å². The molecule has 2 aromatic carbocycles. The lowest BCUT2D eigenvalue weighted by Gasteiger charge is -2.09. The van der Waals surface area contributed by atoms with Crippen LogP contribution >= 0.6 is 11.8 Å². The van der Waals surface area contributed by atoms with Gasteiger partial charge in [0.25, 0.3) is 5.91 Å². The van der Waals surface area contributed by atoms with Gasteiger partial charge in [-0.3, -0.25) is 9.59 Å². The number of carbonyl (C=O) groups excluding carboxylic acids is 2. The Morgan fingerprint density at radius 2 is 1.93 bits per heavy atom. The molecular weight excluding hydrogens is 362 g/mol. The van der Waals surface area contributed by atoms with Crippen LogP contribution in [-0.4, -0.2) is 35.5 Å². The number of thioether (sulfide) groups is 1. The molecular formula is C20H21N3O3S. The zero-order chi connectivity index (χ0) is 19.1. The number of ether oxygens (including phenoxy) is 1. The molecule has 3 rings (SSSR count). The van der Waals surface area contributed by atoms with Gasteiger partial charge in [0.1, 0.15) is 0 Å². The highest BCUT2D eigenvalue weighted by atomic mass is 32.2. The normalized spacial score (nSPS) is 10.7. The first-order chi connectivity index (χ1) is 13.2. The summed E-state index contributed by atoms with van der Waals surface area (Å²) in [5, 5.41) is 3.68. The highest BCUT2D eigenvalue weighted by Gasteiger charge is 2.12. The monoisotopic (exact) mass is 383 g/mol. The Kier molecular flexibility index (Phi) is 6.49. The number of amides is 1. The van der Waals surface area contributed by atoms with E-state index < -0.39 is 0 Å². The van der Waals surface area contributed by atoms with Crippen molar-refractivity contribution in [3.8, 4) is 0 Å². The summed E-state index contributed by atoms with van der Waals surface area (Å²) in [5.74, 6) is 0.221. The Balaban J connectivity index is 1.59. The van der Waals surface area contributed by atoms with Crippen LogP contribution in [0.5, 0.6) is 0 Å². The van der Waals surface area contributed by atoms with E-state index in [-0.39, 0.29) is 11.9 Å². The topological polar surface area (TPSA) is 84.1 Å². The predicted octanol–water partition coefficient (Wildman–Crippen LogP) is 3.54. The lowest BCUT2D eigenvalue weighted by molar-refractivity contribution is -0.140. The lowest BCUT2D eigenvalue weighted by Crippen LogP contribution is -2.26. The highest BCUT2D eigenvalue weighted by Crippen LogP contribution is 2.24. The molecule has 0 aliphatic heterocycles. The number of fused-ring (bicyclic) bond motifs is 1. The Labute approximate surface area is 161 Å². The summed E-state index contributed by atoms with van der Waals surface area (Å²) in [5.41, 5.74) is 3.50. The zero-order valence-electron chi connectivity index (χ0n) is 15.0. The summed E-state index contributed by atoms with van der Waals surface area (Å²) in [4.78, 5) is 31.4. The molecule has 6 nitrogen and oxygen atoms in total. The molecule has 3 aromatic rings. The number of nitrogens with zero attached hydrogens (tertiary/aromatic N) is 1. The first kappa shape index (κ1) is 19.0. The number of H-pyrrole nitrogens is 1. The third kappa shape index (κ3) is 5.10. The molecule has 0 atom stereocenters. The minimum Gasteiger partial charge on any atom is -0.469 e. The van der Waals surface area contributed by atoms with Crippen molar-refractivity contribution in [1.82, 2.24) is 15.3 Å². The van der Waals surface area contributed by atoms with Crippen molar-refractivity contribution in [2.45, 2.75) is 23.8 Å². The Bertz CT molecular complexity index is 906. The summed E-state index contributed by atoms with van der Waals surface area (Å²) in [6.07, 6.45) is 0.842.